The first-order chi connectivity index (χ1) is 9.38. The van der Waals surface area contributed by atoms with Gasteiger partial charge in [0.15, 0.2) is 0 Å². The third-order valence-electron chi connectivity index (χ3n) is 3.32. The molecule has 0 saturated heterocycles. The number of benzene rings is 2. The predicted molar refractivity (Wildman–Crippen MR) is 79.8 cm³/mol. The van der Waals surface area contributed by atoms with Crippen LogP contribution in [-0.2, 0) is 0 Å². The number of hydrogen-bond donors (Lipinski definition) is 0. The van der Waals surface area contributed by atoms with Crippen LogP contribution in [0.15, 0.2) is 36.4 Å². The lowest BCUT2D eigenvalue weighted by Gasteiger charge is -2.19. The van der Waals surface area contributed by atoms with Crippen LogP contribution in [0, 0.1) is 26.6 Å². The van der Waals surface area contributed by atoms with Gasteiger partial charge in [-0.1, -0.05) is 6.07 Å². The molecule has 0 fully saturated rings. The Labute approximate surface area is 118 Å². The van der Waals surface area contributed by atoms with Gasteiger partial charge in [0.05, 0.1) is 0 Å². The largest absolute Gasteiger partial charge is 0.311 e. The van der Waals surface area contributed by atoms with Crippen molar-refractivity contribution in [3.05, 3.63) is 64.5 Å². The molecular formula is C17H18FNO. The Kier molecular flexibility index (Phi) is 3.89. The maximum Gasteiger partial charge on any atom is 0.258 e. The van der Waals surface area contributed by atoms with E-state index in [0.29, 0.717) is 11.1 Å². The quantitative estimate of drug-likeness (QED) is 0.807. The van der Waals surface area contributed by atoms with E-state index in [4.69, 9.17) is 0 Å². The summed E-state index contributed by atoms with van der Waals surface area (Å²) in [4.78, 5) is 14.1. The molecule has 0 spiro atoms. The van der Waals surface area contributed by atoms with Crippen molar-refractivity contribution in [3.8, 4) is 0 Å². The second-order valence-corrected chi connectivity index (χ2v) is 5.17. The molecule has 3 heteroatoms. The van der Waals surface area contributed by atoms with Crippen LogP contribution in [0.4, 0.5) is 10.1 Å². The number of hydrogen-bond acceptors (Lipinski definition) is 1. The van der Waals surface area contributed by atoms with Crippen molar-refractivity contribution in [2.24, 2.45) is 0 Å². The standard InChI is InChI=1S/C17H18FNO/c1-11-7-12(2)9-15(8-11)19(4)17(20)16-6-5-14(18)10-13(16)3/h5-10H,1-4H3. The summed E-state index contributed by atoms with van der Waals surface area (Å²) in [5.41, 5.74) is 4.22. The van der Waals surface area contributed by atoms with Crippen molar-refractivity contribution in [2.75, 3.05) is 11.9 Å². The Balaban J connectivity index is 2.37. The maximum absolute atomic E-state index is 13.1. The van der Waals surface area contributed by atoms with Gasteiger partial charge < -0.3 is 4.90 Å². The number of amides is 1. The van der Waals surface area contributed by atoms with Gasteiger partial charge in [-0.25, -0.2) is 4.39 Å². The maximum atomic E-state index is 13.1. The summed E-state index contributed by atoms with van der Waals surface area (Å²) < 4.78 is 13.1. The molecule has 0 aliphatic heterocycles. The summed E-state index contributed by atoms with van der Waals surface area (Å²) in [6.07, 6.45) is 0. The van der Waals surface area contributed by atoms with Crippen molar-refractivity contribution in [3.63, 3.8) is 0 Å². The van der Waals surface area contributed by atoms with Crippen LogP contribution in [0.2, 0.25) is 0 Å². The van der Waals surface area contributed by atoms with Gasteiger partial charge in [0.2, 0.25) is 0 Å². The Morgan fingerprint density at radius 2 is 1.60 bits per heavy atom. The van der Waals surface area contributed by atoms with Gasteiger partial charge in [-0.2, -0.15) is 0 Å². The summed E-state index contributed by atoms with van der Waals surface area (Å²) in [7, 11) is 1.74. The summed E-state index contributed by atoms with van der Waals surface area (Å²) in [5, 5.41) is 0. The van der Waals surface area contributed by atoms with E-state index in [-0.39, 0.29) is 11.7 Å². The first kappa shape index (κ1) is 14.3. The first-order valence-corrected chi connectivity index (χ1v) is 6.51. The van der Waals surface area contributed by atoms with E-state index in [1.807, 2.05) is 26.0 Å². The number of aryl methyl sites for hydroxylation is 3. The third kappa shape index (κ3) is 2.87. The van der Waals surface area contributed by atoms with Crippen LogP contribution < -0.4 is 4.90 Å². The minimum atomic E-state index is -0.326. The van der Waals surface area contributed by atoms with Gasteiger partial charge in [-0.3, -0.25) is 4.79 Å². The molecule has 0 unspecified atom stereocenters. The molecule has 1 amide bonds. The molecule has 0 saturated carbocycles. The highest BCUT2D eigenvalue weighted by Gasteiger charge is 2.16. The fourth-order valence-electron chi connectivity index (χ4n) is 2.31. The second kappa shape index (κ2) is 5.45. The normalized spacial score (nSPS) is 10.4. The van der Waals surface area contributed by atoms with Crippen LogP contribution >= 0.6 is 0 Å². The number of rotatable bonds is 2. The molecule has 20 heavy (non-hydrogen) atoms. The van der Waals surface area contributed by atoms with E-state index in [2.05, 4.69) is 6.07 Å². The molecule has 2 aromatic carbocycles. The minimum absolute atomic E-state index is 0.132. The van der Waals surface area contributed by atoms with Crippen molar-refractivity contribution < 1.29 is 9.18 Å². The fraction of sp³-hybridized carbons (Fsp3) is 0.235. The third-order valence-corrected chi connectivity index (χ3v) is 3.32. The number of anilines is 1. The summed E-state index contributed by atoms with van der Waals surface area (Å²) in [6.45, 7) is 5.74. The average molecular weight is 271 g/mol. The molecule has 2 nitrogen and oxygen atoms in total. The Bertz CT molecular complexity index is 644. The van der Waals surface area contributed by atoms with Crippen LogP contribution in [-0.4, -0.2) is 13.0 Å². The van der Waals surface area contributed by atoms with E-state index in [1.165, 1.54) is 18.2 Å². The lowest BCUT2D eigenvalue weighted by Crippen LogP contribution is -2.27. The van der Waals surface area contributed by atoms with Crippen molar-refractivity contribution >= 4 is 11.6 Å². The van der Waals surface area contributed by atoms with E-state index in [1.54, 1.807) is 18.9 Å². The molecule has 0 aromatic heterocycles. The lowest BCUT2D eigenvalue weighted by molar-refractivity contribution is 0.0992. The molecule has 0 bridgehead atoms. The van der Waals surface area contributed by atoms with Gasteiger partial charge >= 0.3 is 0 Å². The van der Waals surface area contributed by atoms with Crippen molar-refractivity contribution in [1.82, 2.24) is 0 Å². The smallest absolute Gasteiger partial charge is 0.258 e. The molecule has 0 radical (unpaired) electrons. The zero-order chi connectivity index (χ0) is 14.9. The zero-order valence-electron chi connectivity index (χ0n) is 12.2. The monoisotopic (exact) mass is 271 g/mol. The van der Waals surface area contributed by atoms with Crippen LogP contribution in [0.1, 0.15) is 27.0 Å². The van der Waals surface area contributed by atoms with E-state index in [9.17, 15) is 9.18 Å². The zero-order valence-corrected chi connectivity index (χ0v) is 12.2. The molecule has 0 aliphatic rings. The van der Waals surface area contributed by atoms with Crippen LogP contribution in [0.3, 0.4) is 0 Å². The van der Waals surface area contributed by atoms with Crippen LogP contribution in [0.25, 0.3) is 0 Å². The fourth-order valence-corrected chi connectivity index (χ4v) is 2.31. The number of carbonyl (C=O) groups is 1. The molecular weight excluding hydrogens is 253 g/mol. The highest BCUT2D eigenvalue weighted by atomic mass is 19.1. The summed E-state index contributed by atoms with van der Waals surface area (Å²) in [6, 6.07) is 10.2. The summed E-state index contributed by atoms with van der Waals surface area (Å²) in [5.74, 6) is -0.458. The SMILES string of the molecule is Cc1cc(C)cc(N(C)C(=O)c2ccc(F)cc2C)c1. The molecule has 0 atom stereocenters. The Morgan fingerprint density at radius 1 is 1.00 bits per heavy atom. The molecule has 2 rings (SSSR count). The molecule has 104 valence electrons. The van der Waals surface area contributed by atoms with Crippen molar-refractivity contribution in [1.29, 1.82) is 0 Å². The number of nitrogens with zero attached hydrogens (tertiary/aromatic N) is 1. The molecule has 0 aliphatic carbocycles. The summed E-state index contributed by atoms with van der Waals surface area (Å²) >= 11 is 0. The van der Waals surface area contributed by atoms with Gasteiger partial charge in [-0.05, 0) is 67.8 Å². The highest BCUT2D eigenvalue weighted by Crippen LogP contribution is 2.21. The predicted octanol–water partition coefficient (Wildman–Crippen LogP) is 4.03. The minimum Gasteiger partial charge on any atom is -0.311 e. The van der Waals surface area contributed by atoms with Crippen LogP contribution in [0.5, 0.6) is 0 Å². The lowest BCUT2D eigenvalue weighted by atomic mass is 10.1. The first-order valence-electron chi connectivity index (χ1n) is 6.51. The molecule has 2 aromatic rings. The van der Waals surface area contributed by atoms with Gasteiger partial charge in [0.25, 0.3) is 5.91 Å². The highest BCUT2D eigenvalue weighted by molar-refractivity contribution is 6.06. The second-order valence-electron chi connectivity index (χ2n) is 5.17. The number of carbonyl (C=O) groups excluding carboxylic acids is 1. The van der Waals surface area contributed by atoms with Gasteiger partial charge in [0.1, 0.15) is 5.82 Å². The van der Waals surface area contributed by atoms with E-state index in [0.717, 1.165) is 16.8 Å². The van der Waals surface area contributed by atoms with Gasteiger partial charge in [-0.15, -0.1) is 0 Å². The van der Waals surface area contributed by atoms with E-state index < -0.39 is 0 Å². The molecule has 0 heterocycles. The van der Waals surface area contributed by atoms with Crippen molar-refractivity contribution in [2.45, 2.75) is 20.8 Å². The van der Waals surface area contributed by atoms with Gasteiger partial charge in [0, 0.05) is 18.3 Å². The molecule has 0 N–H and O–H groups in total. The Morgan fingerprint density at radius 3 is 2.15 bits per heavy atom. The average Bonchev–Trinajstić information content (AvgIpc) is 2.36. The van der Waals surface area contributed by atoms with E-state index >= 15 is 0 Å². The topological polar surface area (TPSA) is 20.3 Å². The number of halogens is 1. The Hall–Kier alpha value is -2.16.